The minimum atomic E-state index is -1.10. The first-order valence-electron chi connectivity index (χ1n) is 13.6. The van der Waals surface area contributed by atoms with Gasteiger partial charge >= 0.3 is 5.97 Å². The molecule has 0 aromatic carbocycles. The highest BCUT2D eigenvalue weighted by molar-refractivity contribution is 6.16. The minimum Gasteiger partial charge on any atom is -0.478 e. The molecular formula is C30H42O7. The third-order valence-electron chi connectivity index (χ3n) is 11.3. The predicted octanol–water partition coefficient (Wildman–Crippen LogP) is 4.05. The average molecular weight is 515 g/mol. The first-order valence-corrected chi connectivity index (χ1v) is 13.6. The van der Waals surface area contributed by atoms with Crippen LogP contribution in [-0.2, 0) is 19.2 Å². The van der Waals surface area contributed by atoms with Crippen LogP contribution in [0.25, 0.3) is 0 Å². The van der Waals surface area contributed by atoms with Crippen LogP contribution in [0.2, 0.25) is 0 Å². The standard InChI is InChI=1S/C30H42O7/c1-15(10-17(31)11-16(2)26(36)37)18-12-23(35)30(7)25-19(32)13-21-27(3,4)22(34)8-9-28(21,5)24(25)20(33)14-29(18,30)6/h11,15,17-18,21-22,31,34H,8-10,12-14H2,1-7H3,(H,36,37)/b16-11+/t15-,17+,18-,21+,22+,28+,29-,30+/m1/s1. The number of carboxylic acids is 1. The van der Waals surface area contributed by atoms with E-state index < -0.39 is 39.8 Å². The second-order valence-electron chi connectivity index (χ2n) is 13.5. The summed E-state index contributed by atoms with van der Waals surface area (Å²) in [4.78, 5) is 53.0. The van der Waals surface area contributed by atoms with Gasteiger partial charge < -0.3 is 15.3 Å². The highest BCUT2D eigenvalue weighted by Gasteiger charge is 2.70. The van der Waals surface area contributed by atoms with Crippen LogP contribution in [0, 0.1) is 39.4 Å². The van der Waals surface area contributed by atoms with Crippen LogP contribution in [0.3, 0.4) is 0 Å². The monoisotopic (exact) mass is 514 g/mol. The second kappa shape index (κ2) is 8.70. The van der Waals surface area contributed by atoms with Crippen LogP contribution in [0.4, 0.5) is 0 Å². The number of Topliss-reactive ketones (excluding diaryl/α,β-unsaturated/α-hetero) is 3. The van der Waals surface area contributed by atoms with E-state index >= 15 is 0 Å². The summed E-state index contributed by atoms with van der Waals surface area (Å²) in [6.45, 7) is 13.1. The Kier molecular flexibility index (Phi) is 6.56. The summed E-state index contributed by atoms with van der Waals surface area (Å²) in [6, 6.07) is 0. The number of fused-ring (bicyclic) bond motifs is 4. The molecule has 0 amide bonds. The largest absolute Gasteiger partial charge is 0.478 e. The molecule has 7 heteroatoms. The van der Waals surface area contributed by atoms with Gasteiger partial charge in [0.15, 0.2) is 11.6 Å². The topological polar surface area (TPSA) is 129 Å². The molecule has 0 bridgehead atoms. The van der Waals surface area contributed by atoms with Crippen molar-refractivity contribution in [1.82, 2.24) is 0 Å². The molecule has 0 aromatic heterocycles. The second-order valence-corrected chi connectivity index (χ2v) is 13.5. The number of carbonyl (C=O) groups is 4. The van der Waals surface area contributed by atoms with E-state index in [-0.39, 0.29) is 66.4 Å². The van der Waals surface area contributed by atoms with Crippen LogP contribution in [0.15, 0.2) is 22.8 Å². The lowest BCUT2D eigenvalue weighted by Gasteiger charge is -2.60. The predicted molar refractivity (Wildman–Crippen MR) is 137 cm³/mol. The first-order chi connectivity index (χ1) is 16.9. The summed E-state index contributed by atoms with van der Waals surface area (Å²) in [6.07, 6.45) is 1.75. The number of ketones is 3. The Balaban J connectivity index is 1.78. The Hall–Kier alpha value is -2.12. The summed E-state index contributed by atoms with van der Waals surface area (Å²) in [5.41, 5.74) is -2.01. The molecule has 0 aliphatic heterocycles. The Morgan fingerprint density at radius 3 is 2.27 bits per heavy atom. The van der Waals surface area contributed by atoms with E-state index in [2.05, 4.69) is 0 Å². The van der Waals surface area contributed by atoms with Gasteiger partial charge in [0.25, 0.3) is 0 Å². The number of aliphatic hydroxyl groups excluding tert-OH is 2. The Morgan fingerprint density at radius 2 is 1.68 bits per heavy atom. The van der Waals surface area contributed by atoms with E-state index in [1.807, 2.05) is 41.5 Å². The lowest BCUT2D eigenvalue weighted by molar-refractivity contribution is -0.145. The summed E-state index contributed by atoms with van der Waals surface area (Å²) in [5.74, 6) is -1.95. The van der Waals surface area contributed by atoms with Gasteiger partial charge in [0.05, 0.1) is 17.6 Å². The molecule has 7 nitrogen and oxygen atoms in total. The Bertz CT molecular complexity index is 1130. The SMILES string of the molecule is C/C(=C\[C@@H](O)C[C@@H](C)[C@H]1CC(=O)[C@@]2(C)C3=C(C(=O)C[C@]12C)[C@@]1(C)CC[C@H](O)C(C)(C)[C@@H]1CC3=O)C(=O)O. The third-order valence-corrected chi connectivity index (χ3v) is 11.3. The van der Waals surface area contributed by atoms with Crippen molar-refractivity contribution in [2.75, 3.05) is 0 Å². The fraction of sp³-hybridized carbons (Fsp3) is 0.733. The molecule has 0 radical (unpaired) electrons. The van der Waals surface area contributed by atoms with Crippen LogP contribution in [0.1, 0.15) is 87.0 Å². The van der Waals surface area contributed by atoms with E-state index in [1.165, 1.54) is 13.0 Å². The van der Waals surface area contributed by atoms with Crippen molar-refractivity contribution in [2.45, 2.75) is 99.2 Å². The summed E-state index contributed by atoms with van der Waals surface area (Å²) in [5, 5.41) is 30.4. The molecule has 2 saturated carbocycles. The van der Waals surface area contributed by atoms with Gasteiger partial charge in [-0.25, -0.2) is 4.79 Å². The number of hydrogen-bond acceptors (Lipinski definition) is 6. The van der Waals surface area contributed by atoms with E-state index in [0.29, 0.717) is 24.0 Å². The number of carboxylic acid groups (broad SMARTS) is 1. The van der Waals surface area contributed by atoms with Gasteiger partial charge in [0, 0.05) is 41.4 Å². The van der Waals surface area contributed by atoms with Gasteiger partial charge in [-0.15, -0.1) is 0 Å². The number of rotatable bonds is 5. The van der Waals surface area contributed by atoms with Crippen molar-refractivity contribution in [1.29, 1.82) is 0 Å². The van der Waals surface area contributed by atoms with Crippen LogP contribution in [-0.4, -0.2) is 50.8 Å². The van der Waals surface area contributed by atoms with Crippen molar-refractivity contribution in [3.8, 4) is 0 Å². The maximum Gasteiger partial charge on any atom is 0.331 e. The van der Waals surface area contributed by atoms with Gasteiger partial charge in [-0.3, -0.25) is 14.4 Å². The Labute approximate surface area is 219 Å². The quantitative estimate of drug-likeness (QED) is 0.472. The maximum absolute atomic E-state index is 14.0. The van der Waals surface area contributed by atoms with Crippen LogP contribution in [0.5, 0.6) is 0 Å². The van der Waals surface area contributed by atoms with Crippen molar-refractivity contribution in [3.63, 3.8) is 0 Å². The molecule has 4 aliphatic carbocycles. The van der Waals surface area contributed by atoms with Crippen molar-refractivity contribution in [2.24, 2.45) is 39.4 Å². The highest BCUT2D eigenvalue weighted by Crippen LogP contribution is 2.70. The molecule has 8 atom stereocenters. The molecule has 4 rings (SSSR count). The zero-order chi connectivity index (χ0) is 27.9. The fourth-order valence-electron chi connectivity index (χ4n) is 8.80. The van der Waals surface area contributed by atoms with Crippen molar-refractivity contribution in [3.05, 3.63) is 22.8 Å². The number of hydrogen-bond donors (Lipinski definition) is 3. The van der Waals surface area contributed by atoms with Crippen molar-refractivity contribution >= 4 is 23.3 Å². The Morgan fingerprint density at radius 1 is 1.05 bits per heavy atom. The summed E-state index contributed by atoms with van der Waals surface area (Å²) < 4.78 is 0. The molecule has 3 N–H and O–H groups in total. The molecule has 37 heavy (non-hydrogen) atoms. The van der Waals surface area contributed by atoms with Crippen LogP contribution < -0.4 is 0 Å². The van der Waals surface area contributed by atoms with E-state index in [9.17, 15) is 29.4 Å². The lowest BCUT2D eigenvalue weighted by atomic mass is 9.42. The minimum absolute atomic E-state index is 0.0379. The molecule has 0 unspecified atom stereocenters. The van der Waals surface area contributed by atoms with Crippen molar-refractivity contribution < 1.29 is 34.5 Å². The maximum atomic E-state index is 14.0. The molecule has 0 aromatic rings. The number of carbonyl (C=O) groups excluding carboxylic acids is 3. The lowest BCUT2D eigenvalue weighted by Crippen LogP contribution is -2.59. The first kappa shape index (κ1) is 27.9. The zero-order valence-corrected chi connectivity index (χ0v) is 23.2. The van der Waals surface area contributed by atoms with Gasteiger partial charge in [0.1, 0.15) is 5.78 Å². The average Bonchev–Trinajstić information content (AvgIpc) is 2.99. The number of allylic oxidation sites excluding steroid dienone is 2. The van der Waals surface area contributed by atoms with E-state index in [1.54, 1.807) is 0 Å². The molecule has 4 aliphatic rings. The van der Waals surface area contributed by atoms with Gasteiger partial charge in [0.2, 0.25) is 0 Å². The summed E-state index contributed by atoms with van der Waals surface area (Å²) in [7, 11) is 0. The fourth-order valence-corrected chi connectivity index (χ4v) is 8.80. The highest BCUT2D eigenvalue weighted by atomic mass is 16.4. The molecule has 204 valence electrons. The molecular weight excluding hydrogens is 472 g/mol. The van der Waals surface area contributed by atoms with Gasteiger partial charge in [-0.2, -0.15) is 0 Å². The smallest absolute Gasteiger partial charge is 0.331 e. The molecule has 0 spiro atoms. The third kappa shape index (κ3) is 3.75. The van der Waals surface area contributed by atoms with E-state index in [0.717, 1.165) is 0 Å². The summed E-state index contributed by atoms with van der Waals surface area (Å²) >= 11 is 0. The van der Waals surface area contributed by atoms with Crippen LogP contribution >= 0.6 is 0 Å². The molecule has 0 heterocycles. The van der Waals surface area contributed by atoms with E-state index in [4.69, 9.17) is 5.11 Å². The number of aliphatic hydroxyl groups is 2. The molecule has 2 fully saturated rings. The zero-order valence-electron chi connectivity index (χ0n) is 23.2. The molecule has 0 saturated heterocycles. The normalized spacial score (nSPS) is 41.2. The van der Waals surface area contributed by atoms with Gasteiger partial charge in [-0.05, 0) is 67.8 Å². The van der Waals surface area contributed by atoms with Gasteiger partial charge in [-0.1, -0.05) is 34.6 Å². The number of aliphatic carboxylic acids is 1.